The molecule has 3 nitrogen and oxygen atoms in total. The van der Waals surface area contributed by atoms with Gasteiger partial charge in [-0.1, -0.05) is 0 Å². The maximum absolute atomic E-state index is 10.5. The number of nitrogens with one attached hydrogen (secondary N) is 1. The van der Waals surface area contributed by atoms with Crippen LogP contribution in [-0.4, -0.2) is 20.4 Å². The van der Waals surface area contributed by atoms with Gasteiger partial charge in [-0.3, -0.25) is 9.69 Å². The van der Waals surface area contributed by atoms with Crippen molar-refractivity contribution in [3.8, 4) is 0 Å². The first-order valence-electron chi connectivity index (χ1n) is 3.39. The molecule has 0 saturated carbocycles. The largest absolute Gasteiger partial charge is 0.298 e. The van der Waals surface area contributed by atoms with Crippen molar-refractivity contribution in [2.24, 2.45) is 0 Å². The second-order valence-corrected chi connectivity index (χ2v) is 2.49. The highest BCUT2D eigenvalue weighted by Gasteiger charge is 2.09. The van der Waals surface area contributed by atoms with Crippen LogP contribution in [0.3, 0.4) is 0 Å². The van der Waals surface area contributed by atoms with E-state index in [9.17, 15) is 4.79 Å². The van der Waals surface area contributed by atoms with Crippen molar-refractivity contribution < 1.29 is 9.78 Å². The molecule has 3 heteroatoms. The molecular weight excluding hydrogens is 140 g/mol. The predicted molar refractivity (Wildman–Crippen MR) is 42.7 cm³/mol. The minimum Gasteiger partial charge on any atom is -0.298 e. The average Bonchev–Trinajstić information content (AvgIpc) is 2.04. The van der Waals surface area contributed by atoms with Gasteiger partial charge in [-0.15, -0.1) is 0 Å². The van der Waals surface area contributed by atoms with Gasteiger partial charge in [0.2, 0.25) is 0 Å². The van der Waals surface area contributed by atoms with Gasteiger partial charge in [0, 0.05) is 0 Å². The number of aromatic amines is 1. The first kappa shape index (κ1) is 7.72. The topological polar surface area (TPSA) is 34.5 Å². The molecule has 0 aliphatic carbocycles. The Kier molecular flexibility index (Phi) is 2.21. The summed E-state index contributed by atoms with van der Waals surface area (Å²) in [5.74, 6) is 0.836. The molecule has 58 valence electrons. The van der Waals surface area contributed by atoms with Crippen LogP contribution >= 0.6 is 0 Å². The van der Waals surface area contributed by atoms with Crippen molar-refractivity contribution in [1.29, 1.82) is 0 Å². The van der Waals surface area contributed by atoms with Gasteiger partial charge >= 0.3 is 0 Å². The molecular formula is C8H11N2O+. The fraction of sp³-hybridized carbons (Fsp3) is 0.250. The Bertz CT molecular complexity index is 258. The summed E-state index contributed by atoms with van der Waals surface area (Å²) >= 11 is 0. The van der Waals surface area contributed by atoms with Crippen molar-refractivity contribution in [2.75, 3.05) is 19.0 Å². The number of carbonyl (C=O) groups is 1. The maximum atomic E-state index is 10.5. The fourth-order valence-electron chi connectivity index (χ4n) is 0.923. The summed E-state index contributed by atoms with van der Waals surface area (Å²) in [6, 6.07) is 3.58. The standard InChI is InChI=1S/C8H10N2O/c1-10(2)8-7(6-11)4-3-5-9-8/h3-6H,1-2H3/p+1. The lowest BCUT2D eigenvalue weighted by atomic mass is 10.3. The number of rotatable bonds is 2. The van der Waals surface area contributed by atoms with Gasteiger partial charge in [0.25, 0.3) is 5.82 Å². The maximum Gasteiger partial charge on any atom is 0.284 e. The van der Waals surface area contributed by atoms with Crippen molar-refractivity contribution in [1.82, 2.24) is 0 Å². The first-order chi connectivity index (χ1) is 5.25. The van der Waals surface area contributed by atoms with Crippen molar-refractivity contribution in [3.05, 3.63) is 23.9 Å². The normalized spacial score (nSPS) is 9.27. The Labute approximate surface area is 65.7 Å². The summed E-state index contributed by atoms with van der Waals surface area (Å²) in [6.07, 6.45) is 2.63. The summed E-state index contributed by atoms with van der Waals surface area (Å²) in [7, 11) is 3.78. The molecule has 0 unspecified atom stereocenters. The molecule has 1 N–H and O–H groups in total. The summed E-state index contributed by atoms with van der Waals surface area (Å²) < 4.78 is 0. The third-order valence-corrected chi connectivity index (χ3v) is 1.44. The Morgan fingerprint density at radius 1 is 1.55 bits per heavy atom. The molecule has 0 spiro atoms. The quantitative estimate of drug-likeness (QED) is 0.573. The number of anilines is 1. The molecule has 0 radical (unpaired) electrons. The highest BCUT2D eigenvalue weighted by molar-refractivity contribution is 5.81. The van der Waals surface area contributed by atoms with Gasteiger partial charge < -0.3 is 0 Å². The van der Waals surface area contributed by atoms with Gasteiger partial charge in [0.1, 0.15) is 5.56 Å². The van der Waals surface area contributed by atoms with Crippen LogP contribution in [0.4, 0.5) is 5.82 Å². The molecule has 11 heavy (non-hydrogen) atoms. The van der Waals surface area contributed by atoms with E-state index in [0.717, 1.165) is 12.1 Å². The number of hydrogen-bond acceptors (Lipinski definition) is 2. The number of H-pyrrole nitrogens is 1. The van der Waals surface area contributed by atoms with Crippen LogP contribution in [0, 0.1) is 0 Å². The lowest BCUT2D eigenvalue weighted by Gasteiger charge is -2.03. The Balaban J connectivity index is 3.12. The monoisotopic (exact) mass is 151 g/mol. The van der Waals surface area contributed by atoms with Gasteiger partial charge in [-0.05, 0) is 12.1 Å². The van der Waals surface area contributed by atoms with E-state index in [4.69, 9.17) is 0 Å². The molecule has 0 aliphatic rings. The zero-order valence-corrected chi connectivity index (χ0v) is 6.66. The molecule has 0 aliphatic heterocycles. The van der Waals surface area contributed by atoms with Crippen LogP contribution in [0.1, 0.15) is 10.4 Å². The lowest BCUT2D eigenvalue weighted by molar-refractivity contribution is -0.363. The highest BCUT2D eigenvalue weighted by Crippen LogP contribution is 2.06. The van der Waals surface area contributed by atoms with Crippen LogP contribution < -0.4 is 9.88 Å². The van der Waals surface area contributed by atoms with E-state index < -0.39 is 0 Å². The fourth-order valence-corrected chi connectivity index (χ4v) is 0.923. The number of aldehydes is 1. The Morgan fingerprint density at radius 2 is 2.27 bits per heavy atom. The van der Waals surface area contributed by atoms with Gasteiger partial charge in [-0.25, -0.2) is 4.98 Å². The van der Waals surface area contributed by atoms with E-state index in [0.29, 0.717) is 5.56 Å². The van der Waals surface area contributed by atoms with Crippen LogP contribution in [-0.2, 0) is 0 Å². The van der Waals surface area contributed by atoms with Crippen LogP contribution in [0.2, 0.25) is 0 Å². The van der Waals surface area contributed by atoms with Gasteiger partial charge in [-0.2, -0.15) is 0 Å². The number of carbonyl (C=O) groups excluding carboxylic acids is 1. The third kappa shape index (κ3) is 1.55. The zero-order chi connectivity index (χ0) is 8.27. The summed E-state index contributed by atoms with van der Waals surface area (Å²) in [4.78, 5) is 15.3. The number of aromatic nitrogens is 1. The molecule has 1 heterocycles. The van der Waals surface area contributed by atoms with E-state index >= 15 is 0 Å². The second kappa shape index (κ2) is 3.14. The molecule has 0 saturated heterocycles. The highest BCUT2D eigenvalue weighted by atomic mass is 16.1. The Morgan fingerprint density at radius 3 is 2.73 bits per heavy atom. The van der Waals surface area contributed by atoms with E-state index in [1.807, 2.05) is 19.0 Å². The minimum atomic E-state index is 0.678. The SMILES string of the molecule is CN(C)c1[nH+]cccc1C=O. The smallest absolute Gasteiger partial charge is 0.284 e. The molecule has 0 amide bonds. The molecule has 1 rings (SSSR count). The molecule has 0 fully saturated rings. The minimum absolute atomic E-state index is 0.678. The number of hydrogen-bond donors (Lipinski definition) is 0. The van der Waals surface area contributed by atoms with E-state index in [-0.39, 0.29) is 0 Å². The number of pyridine rings is 1. The summed E-state index contributed by atoms with van der Waals surface area (Å²) in [5, 5.41) is 0. The zero-order valence-electron chi connectivity index (χ0n) is 6.66. The van der Waals surface area contributed by atoms with Crippen LogP contribution in [0.15, 0.2) is 18.3 Å². The van der Waals surface area contributed by atoms with E-state index in [1.54, 1.807) is 18.3 Å². The van der Waals surface area contributed by atoms with E-state index in [1.165, 1.54) is 0 Å². The average molecular weight is 151 g/mol. The van der Waals surface area contributed by atoms with E-state index in [2.05, 4.69) is 4.98 Å². The molecule has 1 aromatic heterocycles. The van der Waals surface area contributed by atoms with Crippen LogP contribution in [0.25, 0.3) is 0 Å². The predicted octanol–water partition coefficient (Wildman–Crippen LogP) is 0.379. The Hall–Kier alpha value is -1.38. The third-order valence-electron chi connectivity index (χ3n) is 1.44. The summed E-state index contributed by atoms with van der Waals surface area (Å²) in [6.45, 7) is 0. The number of nitrogens with zero attached hydrogens (tertiary/aromatic N) is 1. The van der Waals surface area contributed by atoms with Gasteiger partial charge in [0.05, 0.1) is 20.3 Å². The molecule has 1 aromatic rings. The van der Waals surface area contributed by atoms with Crippen molar-refractivity contribution >= 4 is 12.1 Å². The van der Waals surface area contributed by atoms with Crippen LogP contribution in [0.5, 0.6) is 0 Å². The second-order valence-electron chi connectivity index (χ2n) is 2.49. The summed E-state index contributed by atoms with van der Waals surface area (Å²) in [5.41, 5.74) is 0.678. The van der Waals surface area contributed by atoms with Gasteiger partial charge in [0.15, 0.2) is 6.29 Å². The van der Waals surface area contributed by atoms with Crippen molar-refractivity contribution in [3.63, 3.8) is 0 Å². The lowest BCUT2D eigenvalue weighted by Crippen LogP contribution is -2.21. The van der Waals surface area contributed by atoms with Crippen molar-refractivity contribution in [2.45, 2.75) is 0 Å². The molecule has 0 atom stereocenters. The first-order valence-corrected chi connectivity index (χ1v) is 3.39. The molecule has 0 aromatic carbocycles. The molecule has 0 bridgehead atoms.